The van der Waals surface area contributed by atoms with E-state index in [0.29, 0.717) is 10.8 Å². The van der Waals surface area contributed by atoms with Crippen LogP contribution in [0.25, 0.3) is 0 Å². The van der Waals surface area contributed by atoms with Crippen molar-refractivity contribution in [1.82, 2.24) is 4.98 Å². The van der Waals surface area contributed by atoms with E-state index in [0.717, 1.165) is 0 Å². The highest BCUT2D eigenvalue weighted by Gasteiger charge is 2.39. The van der Waals surface area contributed by atoms with Crippen LogP contribution in [0.1, 0.15) is 17.8 Å². The van der Waals surface area contributed by atoms with Gasteiger partial charge in [-0.3, -0.25) is 4.79 Å². The number of rotatable bonds is 4. The van der Waals surface area contributed by atoms with Crippen molar-refractivity contribution in [2.24, 2.45) is 5.73 Å². The number of carboxylic acid groups (broad SMARTS) is 1. The Morgan fingerprint density at radius 2 is 2.57 bits per heavy atom. The first-order chi connectivity index (χ1) is 6.50. The third-order valence-electron chi connectivity index (χ3n) is 2.12. The van der Waals surface area contributed by atoms with Gasteiger partial charge in [-0.15, -0.1) is 11.3 Å². The Morgan fingerprint density at radius 3 is 2.93 bits per heavy atom. The van der Waals surface area contributed by atoms with E-state index in [-0.39, 0.29) is 5.92 Å². The number of nitrogens with zero attached hydrogens (tertiary/aromatic N) is 1. The van der Waals surface area contributed by atoms with Crippen molar-refractivity contribution in [2.75, 3.05) is 5.75 Å². The number of aromatic nitrogens is 1. The van der Waals surface area contributed by atoms with Crippen molar-refractivity contribution < 1.29 is 9.90 Å². The zero-order valence-corrected chi connectivity index (χ0v) is 9.39. The van der Waals surface area contributed by atoms with Gasteiger partial charge in [0.25, 0.3) is 0 Å². The second kappa shape index (κ2) is 4.29. The molecule has 2 atom stereocenters. The van der Waals surface area contributed by atoms with E-state index in [1.54, 1.807) is 11.6 Å². The standard InChI is InChI=1S/C8H12N2O2S2/c1-8(9,7(11)12)5(4-13)6-10-2-3-14-6/h2-3,5,13H,4,9H2,1H3,(H,11,12). The zero-order chi connectivity index (χ0) is 10.8. The molecule has 3 N–H and O–H groups in total. The molecule has 1 rings (SSSR count). The molecule has 0 aliphatic heterocycles. The fourth-order valence-corrected chi connectivity index (χ4v) is 2.63. The average molecular weight is 232 g/mol. The van der Waals surface area contributed by atoms with E-state index in [9.17, 15) is 4.79 Å². The fraction of sp³-hybridized carbons (Fsp3) is 0.500. The fourth-order valence-electron chi connectivity index (χ4n) is 1.08. The third kappa shape index (κ3) is 2.08. The van der Waals surface area contributed by atoms with Crippen LogP contribution in [0, 0.1) is 0 Å². The molecule has 14 heavy (non-hydrogen) atoms. The molecule has 0 radical (unpaired) electrons. The normalized spacial score (nSPS) is 17.4. The monoisotopic (exact) mass is 232 g/mol. The Morgan fingerprint density at radius 1 is 1.93 bits per heavy atom. The lowest BCUT2D eigenvalue weighted by atomic mass is 9.88. The molecule has 78 valence electrons. The molecule has 0 aliphatic carbocycles. The van der Waals surface area contributed by atoms with Crippen LogP contribution >= 0.6 is 24.0 Å². The molecule has 6 heteroatoms. The van der Waals surface area contributed by atoms with Crippen LogP contribution in [-0.4, -0.2) is 27.4 Å². The van der Waals surface area contributed by atoms with E-state index >= 15 is 0 Å². The molecule has 0 amide bonds. The van der Waals surface area contributed by atoms with Gasteiger partial charge in [0.05, 0.1) is 5.01 Å². The minimum Gasteiger partial charge on any atom is -0.480 e. The lowest BCUT2D eigenvalue weighted by molar-refractivity contribution is -0.143. The van der Waals surface area contributed by atoms with Gasteiger partial charge in [-0.1, -0.05) is 0 Å². The molecular weight excluding hydrogens is 220 g/mol. The number of hydrogen-bond donors (Lipinski definition) is 3. The van der Waals surface area contributed by atoms with Crippen molar-refractivity contribution in [1.29, 1.82) is 0 Å². The van der Waals surface area contributed by atoms with Crippen molar-refractivity contribution >= 4 is 29.9 Å². The summed E-state index contributed by atoms with van der Waals surface area (Å²) in [5.41, 5.74) is 4.40. The molecule has 1 aromatic heterocycles. The van der Waals surface area contributed by atoms with Gasteiger partial charge in [-0.2, -0.15) is 12.6 Å². The minimum atomic E-state index is -1.32. The second-order valence-corrected chi connectivity index (χ2v) is 4.48. The van der Waals surface area contributed by atoms with Crippen LogP contribution in [0.5, 0.6) is 0 Å². The summed E-state index contributed by atoms with van der Waals surface area (Å²) in [4.78, 5) is 15.0. The predicted molar refractivity (Wildman–Crippen MR) is 58.9 cm³/mol. The van der Waals surface area contributed by atoms with Crippen LogP contribution in [-0.2, 0) is 4.79 Å². The number of carboxylic acids is 1. The molecule has 1 aromatic rings. The van der Waals surface area contributed by atoms with Crippen LogP contribution in [0.2, 0.25) is 0 Å². The van der Waals surface area contributed by atoms with Crippen LogP contribution < -0.4 is 5.73 Å². The largest absolute Gasteiger partial charge is 0.480 e. The molecule has 4 nitrogen and oxygen atoms in total. The summed E-state index contributed by atoms with van der Waals surface area (Å²) >= 11 is 5.51. The highest BCUT2D eigenvalue weighted by molar-refractivity contribution is 7.80. The van der Waals surface area contributed by atoms with E-state index in [4.69, 9.17) is 10.8 Å². The highest BCUT2D eigenvalue weighted by Crippen LogP contribution is 2.29. The number of thiol groups is 1. The molecule has 0 aliphatic rings. The molecule has 0 saturated carbocycles. The first-order valence-corrected chi connectivity index (χ1v) is 5.54. The predicted octanol–water partition coefficient (Wildman–Crippen LogP) is 0.959. The van der Waals surface area contributed by atoms with Crippen molar-refractivity contribution in [3.63, 3.8) is 0 Å². The number of hydrogen-bond acceptors (Lipinski definition) is 5. The lowest BCUT2D eigenvalue weighted by Crippen LogP contribution is -2.50. The van der Waals surface area contributed by atoms with E-state index in [1.807, 2.05) is 0 Å². The molecule has 0 bridgehead atoms. The SMILES string of the molecule is CC(N)(C(=O)O)C(CS)c1nccs1. The minimum absolute atomic E-state index is 0.358. The Hall–Kier alpha value is -0.590. The van der Waals surface area contributed by atoms with Crippen LogP contribution in [0.4, 0.5) is 0 Å². The number of thiazole rings is 1. The first-order valence-electron chi connectivity index (χ1n) is 4.02. The van der Waals surface area contributed by atoms with E-state index < -0.39 is 11.5 Å². The average Bonchev–Trinajstić information content (AvgIpc) is 2.57. The second-order valence-electron chi connectivity index (χ2n) is 3.19. The maximum absolute atomic E-state index is 10.9. The van der Waals surface area contributed by atoms with Gasteiger partial charge >= 0.3 is 5.97 Å². The van der Waals surface area contributed by atoms with Gasteiger partial charge in [0.2, 0.25) is 0 Å². The number of aliphatic carboxylic acids is 1. The Kier molecular flexibility index (Phi) is 3.52. The maximum Gasteiger partial charge on any atom is 0.324 e. The van der Waals surface area contributed by atoms with Gasteiger partial charge in [-0.05, 0) is 6.92 Å². The van der Waals surface area contributed by atoms with Gasteiger partial charge in [0.1, 0.15) is 5.54 Å². The molecule has 0 aromatic carbocycles. The number of carbonyl (C=O) groups is 1. The Balaban J connectivity index is 2.98. The van der Waals surface area contributed by atoms with Gasteiger partial charge in [-0.25, -0.2) is 4.98 Å². The molecule has 0 fully saturated rings. The summed E-state index contributed by atoms with van der Waals surface area (Å²) in [7, 11) is 0. The molecule has 0 saturated heterocycles. The molecule has 1 heterocycles. The van der Waals surface area contributed by atoms with E-state index in [2.05, 4.69) is 17.6 Å². The van der Waals surface area contributed by atoms with Crippen LogP contribution in [0.3, 0.4) is 0 Å². The van der Waals surface area contributed by atoms with Gasteiger partial charge in [0, 0.05) is 23.2 Å². The summed E-state index contributed by atoms with van der Waals surface area (Å²) < 4.78 is 0. The first kappa shape index (κ1) is 11.5. The summed E-state index contributed by atoms with van der Waals surface area (Å²) in [5.74, 6) is -1.03. The van der Waals surface area contributed by atoms with Crippen molar-refractivity contribution in [3.05, 3.63) is 16.6 Å². The molecule has 2 unspecified atom stereocenters. The summed E-state index contributed by atoms with van der Waals surface area (Å²) in [6.45, 7) is 1.48. The number of nitrogens with two attached hydrogens (primary N) is 1. The molecular formula is C8H12N2O2S2. The van der Waals surface area contributed by atoms with Gasteiger partial charge < -0.3 is 10.8 Å². The van der Waals surface area contributed by atoms with Crippen molar-refractivity contribution in [3.8, 4) is 0 Å². The van der Waals surface area contributed by atoms with Crippen LogP contribution in [0.15, 0.2) is 11.6 Å². The summed E-state index contributed by atoms with van der Waals surface area (Å²) in [5, 5.41) is 11.5. The lowest BCUT2D eigenvalue weighted by Gasteiger charge is -2.27. The Labute approximate surface area is 91.6 Å². The summed E-state index contributed by atoms with van der Waals surface area (Å²) in [6.07, 6.45) is 1.63. The Bertz CT molecular complexity index is 311. The van der Waals surface area contributed by atoms with E-state index in [1.165, 1.54) is 18.3 Å². The van der Waals surface area contributed by atoms with Crippen molar-refractivity contribution in [2.45, 2.75) is 18.4 Å². The quantitative estimate of drug-likeness (QED) is 0.676. The molecule has 0 spiro atoms. The topological polar surface area (TPSA) is 76.2 Å². The third-order valence-corrected chi connectivity index (χ3v) is 3.37. The smallest absolute Gasteiger partial charge is 0.324 e. The maximum atomic E-state index is 10.9. The summed E-state index contributed by atoms with van der Waals surface area (Å²) in [6, 6.07) is 0. The highest BCUT2D eigenvalue weighted by atomic mass is 32.1. The van der Waals surface area contributed by atoms with Gasteiger partial charge in [0.15, 0.2) is 0 Å². The zero-order valence-electron chi connectivity index (χ0n) is 7.67.